The highest BCUT2D eigenvalue weighted by molar-refractivity contribution is 5.18. The minimum Gasteiger partial charge on any atom is -0.379 e. The lowest BCUT2D eigenvalue weighted by molar-refractivity contribution is -0.0480. The van der Waals surface area contributed by atoms with E-state index in [-0.39, 0.29) is 11.9 Å². The van der Waals surface area contributed by atoms with Crippen molar-refractivity contribution in [2.24, 2.45) is 0 Å². The van der Waals surface area contributed by atoms with Crippen LogP contribution in [0.15, 0.2) is 18.2 Å². The van der Waals surface area contributed by atoms with Gasteiger partial charge in [-0.25, -0.2) is 4.39 Å². The summed E-state index contributed by atoms with van der Waals surface area (Å²) < 4.78 is 18.2. The molecular formula is C12H15FNO. The molecule has 1 aliphatic rings. The largest absolute Gasteiger partial charge is 0.379 e. The van der Waals surface area contributed by atoms with Crippen LogP contribution in [0.3, 0.4) is 0 Å². The SMILES string of the molecule is COC1CN(C(C)c2[c]c(F)ccc2)C1. The summed E-state index contributed by atoms with van der Waals surface area (Å²) in [5, 5.41) is 0. The van der Waals surface area contributed by atoms with Crippen LogP contribution in [0.4, 0.5) is 4.39 Å². The molecule has 81 valence electrons. The van der Waals surface area contributed by atoms with Gasteiger partial charge in [-0.15, -0.1) is 0 Å². The van der Waals surface area contributed by atoms with Crippen LogP contribution in [0, 0.1) is 11.9 Å². The van der Waals surface area contributed by atoms with Crippen LogP contribution in [0.1, 0.15) is 18.5 Å². The highest BCUT2D eigenvalue weighted by Gasteiger charge is 2.30. The number of halogens is 1. The Morgan fingerprint density at radius 2 is 2.27 bits per heavy atom. The van der Waals surface area contributed by atoms with Crippen LogP contribution in [-0.4, -0.2) is 31.2 Å². The molecule has 0 aliphatic carbocycles. The Bertz CT molecular complexity index is 336. The standard InChI is InChI=1S/C12H15FNO/c1-9(14-7-12(8-14)15-2)10-4-3-5-11(13)6-10/h3-5,9,12H,7-8H2,1-2H3. The van der Waals surface area contributed by atoms with Crippen molar-refractivity contribution in [3.05, 3.63) is 35.6 Å². The fourth-order valence-electron chi connectivity index (χ4n) is 1.83. The lowest BCUT2D eigenvalue weighted by Crippen LogP contribution is -2.52. The molecule has 1 aliphatic heterocycles. The number of nitrogens with zero attached hydrogens (tertiary/aromatic N) is 1. The molecule has 0 N–H and O–H groups in total. The van der Waals surface area contributed by atoms with E-state index in [9.17, 15) is 4.39 Å². The average Bonchev–Trinajstić information content (AvgIpc) is 2.16. The fraction of sp³-hybridized carbons (Fsp3) is 0.500. The molecule has 0 amide bonds. The lowest BCUT2D eigenvalue weighted by atomic mass is 10.0. The molecule has 0 saturated carbocycles. The van der Waals surface area contributed by atoms with Crippen molar-refractivity contribution in [1.29, 1.82) is 0 Å². The van der Waals surface area contributed by atoms with Crippen molar-refractivity contribution < 1.29 is 9.13 Å². The number of ether oxygens (including phenoxy) is 1. The first-order valence-corrected chi connectivity index (χ1v) is 5.15. The molecule has 1 heterocycles. The van der Waals surface area contributed by atoms with E-state index in [1.165, 1.54) is 6.07 Å². The monoisotopic (exact) mass is 208 g/mol. The molecule has 0 spiro atoms. The number of hydrogen-bond acceptors (Lipinski definition) is 2. The van der Waals surface area contributed by atoms with E-state index in [1.54, 1.807) is 13.2 Å². The summed E-state index contributed by atoms with van der Waals surface area (Å²) in [7, 11) is 1.72. The van der Waals surface area contributed by atoms with E-state index in [0.29, 0.717) is 6.10 Å². The van der Waals surface area contributed by atoms with Crippen molar-refractivity contribution in [3.8, 4) is 0 Å². The molecule has 1 fully saturated rings. The number of methoxy groups -OCH3 is 1. The van der Waals surface area contributed by atoms with E-state index in [2.05, 4.69) is 17.9 Å². The molecule has 2 rings (SSSR count). The number of hydrogen-bond donors (Lipinski definition) is 0. The maximum Gasteiger partial charge on any atom is 0.131 e. The maximum absolute atomic E-state index is 13.0. The zero-order valence-corrected chi connectivity index (χ0v) is 9.03. The zero-order chi connectivity index (χ0) is 10.8. The Hall–Kier alpha value is -0.930. The van der Waals surface area contributed by atoms with E-state index in [0.717, 1.165) is 18.7 Å². The third-order valence-corrected chi connectivity index (χ3v) is 2.99. The van der Waals surface area contributed by atoms with Gasteiger partial charge in [-0.1, -0.05) is 12.1 Å². The first kappa shape index (κ1) is 10.6. The number of benzene rings is 1. The minimum atomic E-state index is -0.289. The third kappa shape index (κ3) is 2.19. The van der Waals surface area contributed by atoms with Gasteiger partial charge in [-0.3, -0.25) is 4.90 Å². The quantitative estimate of drug-likeness (QED) is 0.753. The zero-order valence-electron chi connectivity index (χ0n) is 9.03. The molecule has 1 radical (unpaired) electrons. The molecule has 2 nitrogen and oxygen atoms in total. The first-order valence-electron chi connectivity index (χ1n) is 5.15. The molecule has 3 heteroatoms. The molecule has 15 heavy (non-hydrogen) atoms. The second kappa shape index (κ2) is 4.29. The van der Waals surface area contributed by atoms with Crippen LogP contribution in [0.5, 0.6) is 0 Å². The smallest absolute Gasteiger partial charge is 0.131 e. The summed E-state index contributed by atoms with van der Waals surface area (Å²) >= 11 is 0. The Morgan fingerprint density at radius 3 is 2.87 bits per heavy atom. The first-order chi connectivity index (χ1) is 7.20. The van der Waals surface area contributed by atoms with Crippen LogP contribution >= 0.6 is 0 Å². The Balaban J connectivity index is 2.00. The van der Waals surface area contributed by atoms with Gasteiger partial charge in [0.25, 0.3) is 0 Å². The number of likely N-dealkylation sites (tertiary alicyclic amines) is 1. The third-order valence-electron chi connectivity index (χ3n) is 2.99. The van der Waals surface area contributed by atoms with Gasteiger partial charge in [-0.2, -0.15) is 0 Å². The fourth-order valence-corrected chi connectivity index (χ4v) is 1.83. The van der Waals surface area contributed by atoms with Crippen molar-refractivity contribution >= 4 is 0 Å². The highest BCUT2D eigenvalue weighted by atomic mass is 19.1. The Labute approximate surface area is 89.7 Å². The van der Waals surface area contributed by atoms with Gasteiger partial charge in [0.05, 0.1) is 6.10 Å². The van der Waals surface area contributed by atoms with Gasteiger partial charge in [0.1, 0.15) is 5.82 Å². The summed E-state index contributed by atoms with van der Waals surface area (Å²) in [6, 6.07) is 8.01. The summed E-state index contributed by atoms with van der Waals surface area (Å²) in [6.07, 6.45) is 0.334. The van der Waals surface area contributed by atoms with E-state index in [4.69, 9.17) is 4.74 Å². The maximum atomic E-state index is 13.0. The summed E-state index contributed by atoms with van der Waals surface area (Å²) in [4.78, 5) is 2.25. The van der Waals surface area contributed by atoms with Crippen LogP contribution in [-0.2, 0) is 4.74 Å². The summed E-state index contributed by atoms with van der Waals surface area (Å²) in [5.41, 5.74) is 0.907. The van der Waals surface area contributed by atoms with E-state index in [1.807, 2.05) is 6.07 Å². The predicted molar refractivity (Wildman–Crippen MR) is 56.0 cm³/mol. The molecule has 1 unspecified atom stereocenters. The minimum absolute atomic E-state index is 0.215. The molecule has 1 atom stereocenters. The van der Waals surface area contributed by atoms with Gasteiger partial charge in [0.15, 0.2) is 0 Å². The van der Waals surface area contributed by atoms with Crippen LogP contribution < -0.4 is 0 Å². The summed E-state index contributed by atoms with van der Waals surface area (Å²) in [6.45, 7) is 3.90. The molecule has 0 aromatic heterocycles. The van der Waals surface area contributed by atoms with Gasteiger partial charge in [-0.05, 0) is 18.6 Å². The van der Waals surface area contributed by atoms with Crippen molar-refractivity contribution in [2.75, 3.05) is 20.2 Å². The highest BCUT2D eigenvalue weighted by Crippen LogP contribution is 2.26. The molecule has 1 aromatic rings. The van der Waals surface area contributed by atoms with Crippen LogP contribution in [0.2, 0.25) is 0 Å². The molecular weight excluding hydrogens is 193 g/mol. The second-order valence-corrected chi connectivity index (χ2v) is 3.94. The van der Waals surface area contributed by atoms with Gasteiger partial charge in [0, 0.05) is 32.3 Å². The topological polar surface area (TPSA) is 12.5 Å². The van der Waals surface area contributed by atoms with Gasteiger partial charge >= 0.3 is 0 Å². The van der Waals surface area contributed by atoms with Crippen molar-refractivity contribution in [2.45, 2.75) is 19.1 Å². The van der Waals surface area contributed by atoms with Crippen LogP contribution in [0.25, 0.3) is 0 Å². The van der Waals surface area contributed by atoms with Crippen molar-refractivity contribution in [3.63, 3.8) is 0 Å². The normalized spacial score (nSPS) is 19.9. The second-order valence-electron chi connectivity index (χ2n) is 3.94. The van der Waals surface area contributed by atoms with E-state index >= 15 is 0 Å². The van der Waals surface area contributed by atoms with Gasteiger partial charge in [0.2, 0.25) is 0 Å². The molecule has 1 aromatic carbocycles. The average molecular weight is 208 g/mol. The predicted octanol–water partition coefficient (Wildman–Crippen LogP) is 2.02. The molecule has 0 bridgehead atoms. The van der Waals surface area contributed by atoms with Gasteiger partial charge < -0.3 is 4.74 Å². The lowest BCUT2D eigenvalue weighted by Gasteiger charge is -2.42. The van der Waals surface area contributed by atoms with E-state index < -0.39 is 0 Å². The molecule has 1 saturated heterocycles. The number of rotatable bonds is 3. The summed E-state index contributed by atoms with van der Waals surface area (Å²) in [5.74, 6) is -0.289. The Kier molecular flexibility index (Phi) is 3.03. The van der Waals surface area contributed by atoms with Crippen molar-refractivity contribution in [1.82, 2.24) is 4.90 Å². The Morgan fingerprint density at radius 1 is 1.53 bits per heavy atom.